The van der Waals surface area contributed by atoms with Crippen molar-refractivity contribution >= 4 is 33.9 Å². The topological polar surface area (TPSA) is 63.1 Å². The molecule has 1 aliphatic rings. The summed E-state index contributed by atoms with van der Waals surface area (Å²) >= 11 is 1.29. The van der Waals surface area contributed by atoms with Crippen LogP contribution in [0.2, 0.25) is 0 Å². The average molecular weight is 378 g/mol. The summed E-state index contributed by atoms with van der Waals surface area (Å²) in [6.45, 7) is 3.18. The molecule has 8 heteroatoms. The minimum atomic E-state index is -0.465. The van der Waals surface area contributed by atoms with E-state index in [0.717, 1.165) is 18.0 Å². The number of nitrogens with zero attached hydrogens (tertiary/aromatic N) is 1. The first-order valence-electron chi connectivity index (χ1n) is 8.37. The van der Waals surface area contributed by atoms with Crippen molar-refractivity contribution in [3.8, 4) is 0 Å². The molecule has 2 heterocycles. The van der Waals surface area contributed by atoms with Gasteiger partial charge >= 0.3 is 5.97 Å². The molecule has 0 radical (unpaired) electrons. The molecule has 1 amide bonds. The van der Waals surface area contributed by atoms with Crippen molar-refractivity contribution in [2.24, 2.45) is 0 Å². The van der Waals surface area contributed by atoms with Crippen LogP contribution in [0.3, 0.4) is 0 Å². The van der Waals surface area contributed by atoms with E-state index in [-0.39, 0.29) is 11.7 Å². The Balaban J connectivity index is 1.52. The number of quaternary nitrogens is 1. The second-order valence-electron chi connectivity index (χ2n) is 6.07. The lowest BCUT2D eigenvalue weighted by atomic mass is 10.2. The van der Waals surface area contributed by atoms with Crippen molar-refractivity contribution in [3.63, 3.8) is 0 Å². The third kappa shape index (κ3) is 4.20. The van der Waals surface area contributed by atoms with Gasteiger partial charge in [0, 0.05) is 0 Å². The molecular weight excluding hydrogens is 357 g/mol. The van der Waals surface area contributed by atoms with Crippen LogP contribution in [0.25, 0.3) is 0 Å². The molecule has 0 unspecified atom stereocenters. The standard InChI is InChI=1S/C18H20FN3O3S/c1-25-18(24)13-6-11-26-17(13)20-16(23)12-21-7-9-22(10-8-21)15-5-3-2-4-14(15)19/h2-6,11H,7-10,12H2,1H3,(H,20,23)/p+1. The van der Waals surface area contributed by atoms with Crippen LogP contribution in [-0.2, 0) is 9.53 Å². The number of benzene rings is 1. The van der Waals surface area contributed by atoms with Crippen molar-refractivity contribution in [2.75, 3.05) is 50.1 Å². The Hall–Kier alpha value is -2.45. The maximum atomic E-state index is 13.9. The number of hydrogen-bond donors (Lipinski definition) is 2. The van der Waals surface area contributed by atoms with Crippen molar-refractivity contribution in [3.05, 3.63) is 47.1 Å². The fraction of sp³-hybridized carbons (Fsp3) is 0.333. The molecule has 0 atom stereocenters. The number of amides is 1. The summed E-state index contributed by atoms with van der Waals surface area (Å²) in [6, 6.07) is 8.37. The second kappa shape index (κ2) is 8.29. The number of carbonyl (C=O) groups excluding carboxylic acids is 2. The number of esters is 1. The van der Waals surface area contributed by atoms with Gasteiger partial charge in [-0.05, 0) is 23.6 Å². The van der Waals surface area contributed by atoms with Gasteiger partial charge in [-0.15, -0.1) is 11.3 Å². The summed E-state index contributed by atoms with van der Waals surface area (Å²) in [4.78, 5) is 27.1. The zero-order valence-electron chi connectivity index (χ0n) is 14.5. The normalized spacial score (nSPS) is 14.9. The quantitative estimate of drug-likeness (QED) is 0.763. The van der Waals surface area contributed by atoms with Crippen LogP contribution in [0.15, 0.2) is 35.7 Å². The number of hydrogen-bond acceptors (Lipinski definition) is 5. The summed E-state index contributed by atoms with van der Waals surface area (Å²) in [5, 5.41) is 5.03. The molecule has 1 aliphatic heterocycles. The third-order valence-electron chi connectivity index (χ3n) is 4.40. The number of nitrogens with one attached hydrogen (secondary N) is 2. The zero-order chi connectivity index (χ0) is 18.5. The predicted molar refractivity (Wildman–Crippen MR) is 98.5 cm³/mol. The highest BCUT2D eigenvalue weighted by Crippen LogP contribution is 2.23. The summed E-state index contributed by atoms with van der Waals surface area (Å²) in [6.07, 6.45) is 0. The SMILES string of the molecule is COC(=O)c1ccsc1NC(=O)C[NH+]1CCN(c2ccccc2F)CC1. The summed E-state index contributed by atoms with van der Waals surface area (Å²) in [5.74, 6) is -0.832. The van der Waals surface area contributed by atoms with Crippen LogP contribution in [0.1, 0.15) is 10.4 Å². The summed E-state index contributed by atoms with van der Waals surface area (Å²) in [5.41, 5.74) is 0.975. The Morgan fingerprint density at radius 3 is 2.69 bits per heavy atom. The molecule has 1 aromatic heterocycles. The van der Waals surface area contributed by atoms with E-state index in [1.54, 1.807) is 23.6 Å². The fourth-order valence-corrected chi connectivity index (χ4v) is 3.81. The number of ether oxygens (including phenoxy) is 1. The molecule has 0 spiro atoms. The molecule has 0 saturated carbocycles. The van der Waals surface area contributed by atoms with Crippen molar-refractivity contribution < 1.29 is 23.6 Å². The van der Waals surface area contributed by atoms with E-state index in [4.69, 9.17) is 4.74 Å². The maximum absolute atomic E-state index is 13.9. The monoisotopic (exact) mass is 378 g/mol. The van der Waals surface area contributed by atoms with Crippen LogP contribution in [0.5, 0.6) is 0 Å². The molecular formula is C18H21FN3O3S+. The second-order valence-corrected chi connectivity index (χ2v) is 6.98. The van der Waals surface area contributed by atoms with Crippen LogP contribution in [0, 0.1) is 5.82 Å². The predicted octanol–water partition coefficient (Wildman–Crippen LogP) is 1.02. The first-order valence-corrected chi connectivity index (χ1v) is 9.25. The molecule has 1 fully saturated rings. The van der Waals surface area contributed by atoms with Gasteiger partial charge in [-0.25, -0.2) is 9.18 Å². The molecule has 1 saturated heterocycles. The third-order valence-corrected chi connectivity index (χ3v) is 5.23. The summed E-state index contributed by atoms with van der Waals surface area (Å²) in [7, 11) is 1.31. The van der Waals surface area contributed by atoms with Gasteiger partial charge in [0.25, 0.3) is 5.91 Å². The average Bonchev–Trinajstić information content (AvgIpc) is 3.10. The van der Waals surface area contributed by atoms with Gasteiger partial charge in [0.1, 0.15) is 10.8 Å². The van der Waals surface area contributed by atoms with E-state index in [9.17, 15) is 14.0 Å². The van der Waals surface area contributed by atoms with E-state index in [1.807, 2.05) is 11.0 Å². The van der Waals surface area contributed by atoms with Crippen molar-refractivity contribution in [1.29, 1.82) is 0 Å². The Morgan fingerprint density at radius 1 is 1.27 bits per heavy atom. The first-order chi connectivity index (χ1) is 12.6. The highest BCUT2D eigenvalue weighted by atomic mass is 32.1. The van der Waals surface area contributed by atoms with Gasteiger partial charge in [0.2, 0.25) is 0 Å². The minimum absolute atomic E-state index is 0.146. The van der Waals surface area contributed by atoms with E-state index < -0.39 is 5.97 Å². The zero-order valence-corrected chi connectivity index (χ0v) is 15.3. The van der Waals surface area contributed by atoms with Gasteiger partial charge in [0.05, 0.1) is 44.5 Å². The van der Waals surface area contributed by atoms with E-state index in [0.29, 0.717) is 35.9 Å². The van der Waals surface area contributed by atoms with Gasteiger partial charge in [0.15, 0.2) is 6.54 Å². The smallest absolute Gasteiger partial charge is 0.340 e. The van der Waals surface area contributed by atoms with Gasteiger partial charge in [-0.3, -0.25) is 4.79 Å². The summed E-state index contributed by atoms with van der Waals surface area (Å²) < 4.78 is 18.6. The molecule has 26 heavy (non-hydrogen) atoms. The lowest BCUT2D eigenvalue weighted by molar-refractivity contribution is -0.892. The number of para-hydroxylation sites is 1. The van der Waals surface area contributed by atoms with Crippen LogP contribution < -0.4 is 15.1 Å². The Bertz CT molecular complexity index is 787. The van der Waals surface area contributed by atoms with Crippen molar-refractivity contribution in [2.45, 2.75) is 0 Å². The molecule has 1 aromatic carbocycles. The van der Waals surface area contributed by atoms with E-state index in [2.05, 4.69) is 5.32 Å². The highest BCUT2D eigenvalue weighted by Gasteiger charge is 2.24. The van der Waals surface area contributed by atoms with E-state index in [1.165, 1.54) is 24.5 Å². The van der Waals surface area contributed by atoms with E-state index >= 15 is 0 Å². The molecule has 138 valence electrons. The van der Waals surface area contributed by atoms with Crippen molar-refractivity contribution in [1.82, 2.24) is 0 Å². The maximum Gasteiger partial charge on any atom is 0.340 e. The van der Waals surface area contributed by atoms with Gasteiger partial charge in [-0.2, -0.15) is 0 Å². The number of anilines is 2. The number of methoxy groups -OCH3 is 1. The van der Waals surface area contributed by atoms with Crippen LogP contribution >= 0.6 is 11.3 Å². The number of halogens is 1. The lowest BCUT2D eigenvalue weighted by Crippen LogP contribution is -3.15. The molecule has 6 nitrogen and oxygen atoms in total. The van der Waals surface area contributed by atoms with Crippen LogP contribution in [0.4, 0.5) is 15.1 Å². The number of rotatable bonds is 5. The minimum Gasteiger partial charge on any atom is -0.465 e. The molecule has 2 aromatic rings. The number of thiophene rings is 1. The highest BCUT2D eigenvalue weighted by molar-refractivity contribution is 7.14. The largest absolute Gasteiger partial charge is 0.465 e. The molecule has 0 aliphatic carbocycles. The number of carbonyl (C=O) groups is 2. The Labute approximate surface area is 155 Å². The Kier molecular flexibility index (Phi) is 5.85. The van der Waals surface area contributed by atoms with Gasteiger partial charge in [-0.1, -0.05) is 12.1 Å². The Morgan fingerprint density at radius 2 is 2.00 bits per heavy atom. The molecule has 0 bridgehead atoms. The number of piperazine rings is 1. The fourth-order valence-electron chi connectivity index (χ4n) is 3.02. The molecule has 2 N–H and O–H groups in total. The van der Waals surface area contributed by atoms with Crippen LogP contribution in [-0.4, -0.2) is 51.7 Å². The molecule has 3 rings (SSSR count). The van der Waals surface area contributed by atoms with Gasteiger partial charge < -0.3 is 19.9 Å². The lowest BCUT2D eigenvalue weighted by Gasteiger charge is -2.33. The first kappa shape index (κ1) is 18.3.